The minimum Gasteiger partial charge on any atom is -0.385 e. The van der Waals surface area contributed by atoms with Crippen molar-refractivity contribution in [2.24, 2.45) is 0 Å². The van der Waals surface area contributed by atoms with Gasteiger partial charge >= 0.3 is 0 Å². The van der Waals surface area contributed by atoms with Crippen molar-refractivity contribution in [3.8, 4) is 11.4 Å². The van der Waals surface area contributed by atoms with E-state index in [9.17, 15) is 0 Å². The first-order chi connectivity index (χ1) is 11.7. The summed E-state index contributed by atoms with van der Waals surface area (Å²) in [7, 11) is 1.72. The molecule has 0 unspecified atom stereocenters. The topological polar surface area (TPSA) is 47.5 Å². The summed E-state index contributed by atoms with van der Waals surface area (Å²) in [6.07, 6.45) is 4.97. The number of hydrogen-bond acceptors (Lipinski definition) is 5. The number of morpholine rings is 1. The van der Waals surface area contributed by atoms with E-state index < -0.39 is 0 Å². The Morgan fingerprint density at radius 2 is 2.00 bits per heavy atom. The second-order valence-electron chi connectivity index (χ2n) is 5.93. The maximum atomic E-state index is 5.91. The smallest absolute Gasteiger partial charge is 0.159 e. The maximum absolute atomic E-state index is 5.91. The molecule has 1 aromatic heterocycles. The monoisotopic (exact) mass is 347 g/mol. The second kappa shape index (κ2) is 8.53. The Labute approximate surface area is 147 Å². The number of aromatic nitrogens is 2. The normalized spacial score (nSPS) is 18.7. The van der Waals surface area contributed by atoms with E-state index in [2.05, 4.69) is 14.9 Å². The SMILES string of the molecule is COCC[C@@H]1CN(Cc2cnc(-c3ccc(Cl)cc3)nc2)CCO1. The summed E-state index contributed by atoms with van der Waals surface area (Å²) in [5, 5.41) is 0.714. The van der Waals surface area contributed by atoms with Crippen molar-refractivity contribution in [3.05, 3.63) is 47.2 Å². The first-order valence-corrected chi connectivity index (χ1v) is 8.52. The lowest BCUT2D eigenvalue weighted by Crippen LogP contribution is -2.42. The number of methoxy groups -OCH3 is 1. The van der Waals surface area contributed by atoms with Gasteiger partial charge in [-0.2, -0.15) is 0 Å². The van der Waals surface area contributed by atoms with Crippen LogP contribution in [0.2, 0.25) is 5.02 Å². The third-order valence-electron chi connectivity index (χ3n) is 4.08. The predicted molar refractivity (Wildman–Crippen MR) is 94.0 cm³/mol. The van der Waals surface area contributed by atoms with Gasteiger partial charge in [0.2, 0.25) is 0 Å². The molecule has 0 bridgehead atoms. The van der Waals surface area contributed by atoms with Crippen molar-refractivity contribution >= 4 is 11.6 Å². The Kier molecular flexibility index (Phi) is 6.15. The van der Waals surface area contributed by atoms with Gasteiger partial charge in [0, 0.05) is 61.9 Å². The van der Waals surface area contributed by atoms with E-state index in [0.29, 0.717) is 5.02 Å². The average molecular weight is 348 g/mol. The molecule has 2 aromatic rings. The summed E-state index contributed by atoms with van der Waals surface area (Å²) in [4.78, 5) is 11.3. The Bertz CT molecular complexity index is 634. The summed E-state index contributed by atoms with van der Waals surface area (Å²) < 4.78 is 10.9. The Morgan fingerprint density at radius 1 is 1.25 bits per heavy atom. The number of ether oxygens (including phenoxy) is 2. The molecule has 0 amide bonds. The van der Waals surface area contributed by atoms with Crippen LogP contribution in [0.4, 0.5) is 0 Å². The van der Waals surface area contributed by atoms with Crippen LogP contribution in [0.25, 0.3) is 11.4 Å². The predicted octanol–water partition coefficient (Wildman–Crippen LogP) is 3.03. The minimum atomic E-state index is 0.243. The second-order valence-corrected chi connectivity index (χ2v) is 6.37. The van der Waals surface area contributed by atoms with Gasteiger partial charge in [-0.1, -0.05) is 11.6 Å². The van der Waals surface area contributed by atoms with Crippen molar-refractivity contribution in [1.82, 2.24) is 14.9 Å². The summed E-state index contributed by atoms with van der Waals surface area (Å²) >= 11 is 5.91. The van der Waals surface area contributed by atoms with E-state index in [1.165, 1.54) is 0 Å². The largest absolute Gasteiger partial charge is 0.385 e. The highest BCUT2D eigenvalue weighted by molar-refractivity contribution is 6.30. The molecular formula is C18H22ClN3O2. The van der Waals surface area contributed by atoms with Crippen LogP contribution in [0.1, 0.15) is 12.0 Å². The molecule has 2 heterocycles. The van der Waals surface area contributed by atoms with E-state index in [1.807, 2.05) is 36.7 Å². The zero-order valence-corrected chi connectivity index (χ0v) is 14.6. The highest BCUT2D eigenvalue weighted by Crippen LogP contribution is 2.18. The molecule has 1 atom stereocenters. The third-order valence-corrected chi connectivity index (χ3v) is 4.33. The molecule has 0 spiro atoms. The van der Waals surface area contributed by atoms with E-state index in [4.69, 9.17) is 21.1 Å². The van der Waals surface area contributed by atoms with Crippen LogP contribution in [0.5, 0.6) is 0 Å². The number of halogens is 1. The highest BCUT2D eigenvalue weighted by atomic mass is 35.5. The van der Waals surface area contributed by atoms with Gasteiger partial charge < -0.3 is 9.47 Å². The molecule has 0 radical (unpaired) electrons. The molecule has 3 rings (SSSR count). The van der Waals surface area contributed by atoms with Gasteiger partial charge in [-0.05, 0) is 30.7 Å². The number of rotatable bonds is 6. The van der Waals surface area contributed by atoms with Gasteiger partial charge in [0.05, 0.1) is 12.7 Å². The standard InChI is InChI=1S/C18H22ClN3O2/c1-23-8-6-17-13-22(7-9-24-17)12-14-10-20-18(21-11-14)15-2-4-16(19)5-3-15/h2-5,10-11,17H,6-9,12-13H2,1H3/t17-/m1/s1. The molecule has 1 aromatic carbocycles. The van der Waals surface area contributed by atoms with Gasteiger partial charge in [-0.25, -0.2) is 9.97 Å². The Hall–Kier alpha value is -1.53. The molecule has 0 aliphatic carbocycles. The van der Waals surface area contributed by atoms with Crippen molar-refractivity contribution < 1.29 is 9.47 Å². The quantitative estimate of drug-likeness (QED) is 0.803. The molecule has 0 N–H and O–H groups in total. The molecule has 1 aliphatic rings. The minimum absolute atomic E-state index is 0.243. The summed E-state index contributed by atoms with van der Waals surface area (Å²) in [6.45, 7) is 4.19. The molecule has 1 aliphatic heterocycles. The fraction of sp³-hybridized carbons (Fsp3) is 0.444. The molecule has 0 saturated carbocycles. The maximum Gasteiger partial charge on any atom is 0.159 e. The number of nitrogens with zero attached hydrogens (tertiary/aromatic N) is 3. The molecular weight excluding hydrogens is 326 g/mol. The Morgan fingerprint density at radius 3 is 2.71 bits per heavy atom. The first kappa shape index (κ1) is 17.3. The van der Waals surface area contributed by atoms with Crippen molar-refractivity contribution in [2.45, 2.75) is 19.1 Å². The molecule has 5 nitrogen and oxygen atoms in total. The molecule has 6 heteroatoms. The van der Waals surface area contributed by atoms with Crippen LogP contribution >= 0.6 is 11.6 Å². The highest BCUT2D eigenvalue weighted by Gasteiger charge is 2.20. The number of hydrogen-bond donors (Lipinski definition) is 0. The molecule has 1 saturated heterocycles. The van der Waals surface area contributed by atoms with Crippen LogP contribution in [0, 0.1) is 0 Å². The van der Waals surface area contributed by atoms with Crippen LogP contribution in [0.15, 0.2) is 36.7 Å². The molecule has 128 valence electrons. The lowest BCUT2D eigenvalue weighted by atomic mass is 10.2. The van der Waals surface area contributed by atoms with E-state index in [0.717, 1.165) is 56.2 Å². The lowest BCUT2D eigenvalue weighted by Gasteiger charge is -2.32. The van der Waals surface area contributed by atoms with Gasteiger partial charge in [0.25, 0.3) is 0 Å². The summed E-state index contributed by atoms with van der Waals surface area (Å²) in [5.41, 5.74) is 2.08. The summed E-state index contributed by atoms with van der Waals surface area (Å²) in [5.74, 6) is 0.718. The van der Waals surface area contributed by atoms with E-state index >= 15 is 0 Å². The fourth-order valence-corrected chi connectivity index (χ4v) is 2.92. The lowest BCUT2D eigenvalue weighted by molar-refractivity contribution is -0.0433. The Balaban J connectivity index is 1.58. The van der Waals surface area contributed by atoms with Crippen LogP contribution < -0.4 is 0 Å². The zero-order chi connectivity index (χ0) is 16.8. The third kappa shape index (κ3) is 4.74. The molecule has 24 heavy (non-hydrogen) atoms. The van der Waals surface area contributed by atoms with Gasteiger partial charge in [-0.3, -0.25) is 4.90 Å². The van der Waals surface area contributed by atoms with Gasteiger partial charge in [0.1, 0.15) is 0 Å². The summed E-state index contributed by atoms with van der Waals surface area (Å²) in [6, 6.07) is 7.56. The van der Waals surface area contributed by atoms with Crippen LogP contribution in [0.3, 0.4) is 0 Å². The fourth-order valence-electron chi connectivity index (χ4n) is 2.79. The van der Waals surface area contributed by atoms with Crippen molar-refractivity contribution in [2.75, 3.05) is 33.4 Å². The van der Waals surface area contributed by atoms with Crippen LogP contribution in [-0.4, -0.2) is 54.4 Å². The average Bonchev–Trinajstić information content (AvgIpc) is 2.62. The van der Waals surface area contributed by atoms with E-state index in [1.54, 1.807) is 7.11 Å². The van der Waals surface area contributed by atoms with E-state index in [-0.39, 0.29) is 6.10 Å². The zero-order valence-electron chi connectivity index (χ0n) is 13.8. The van der Waals surface area contributed by atoms with Gasteiger partial charge in [-0.15, -0.1) is 0 Å². The number of benzene rings is 1. The first-order valence-electron chi connectivity index (χ1n) is 8.14. The van der Waals surface area contributed by atoms with Crippen LogP contribution in [-0.2, 0) is 16.0 Å². The molecule has 1 fully saturated rings. The van der Waals surface area contributed by atoms with Crippen molar-refractivity contribution in [3.63, 3.8) is 0 Å². The van der Waals surface area contributed by atoms with Crippen molar-refractivity contribution in [1.29, 1.82) is 0 Å². The van der Waals surface area contributed by atoms with Gasteiger partial charge in [0.15, 0.2) is 5.82 Å².